The van der Waals surface area contributed by atoms with Crippen LogP contribution in [0.25, 0.3) is 10.9 Å². The predicted molar refractivity (Wildman–Crippen MR) is 103 cm³/mol. The third-order valence-corrected chi connectivity index (χ3v) is 4.86. The molecule has 1 aromatic heterocycles. The number of phenols is 1. The van der Waals surface area contributed by atoms with E-state index in [1.165, 1.54) is 0 Å². The SMILES string of the molecule is Cc1cc(C(=O)N2CCN(c3ccccc3O)CC2)c2ccccc2n1. The number of pyridine rings is 1. The molecular formula is C21H21N3O2. The lowest BCUT2D eigenvalue weighted by Gasteiger charge is -2.36. The summed E-state index contributed by atoms with van der Waals surface area (Å²) in [5.74, 6) is 0.326. The van der Waals surface area contributed by atoms with Crippen molar-refractivity contribution < 1.29 is 9.90 Å². The molecule has 0 radical (unpaired) electrons. The molecule has 1 saturated heterocycles. The summed E-state index contributed by atoms with van der Waals surface area (Å²) in [6, 6.07) is 17.0. The topological polar surface area (TPSA) is 56.7 Å². The first-order chi connectivity index (χ1) is 12.6. The Bertz CT molecular complexity index is 962. The van der Waals surface area contributed by atoms with Gasteiger partial charge >= 0.3 is 0 Å². The smallest absolute Gasteiger partial charge is 0.254 e. The number of rotatable bonds is 2. The lowest BCUT2D eigenvalue weighted by Crippen LogP contribution is -2.48. The lowest BCUT2D eigenvalue weighted by atomic mass is 10.1. The van der Waals surface area contributed by atoms with E-state index in [-0.39, 0.29) is 11.7 Å². The van der Waals surface area contributed by atoms with E-state index in [9.17, 15) is 9.90 Å². The molecule has 2 aromatic carbocycles. The molecule has 0 bridgehead atoms. The van der Waals surface area contributed by atoms with Crippen molar-refractivity contribution in [2.75, 3.05) is 31.1 Å². The number of aromatic hydroxyl groups is 1. The number of para-hydroxylation sites is 3. The zero-order valence-electron chi connectivity index (χ0n) is 14.7. The summed E-state index contributed by atoms with van der Waals surface area (Å²) >= 11 is 0. The maximum absolute atomic E-state index is 13.1. The molecule has 1 aliphatic rings. The van der Waals surface area contributed by atoms with E-state index in [0.29, 0.717) is 31.7 Å². The van der Waals surface area contributed by atoms with Crippen LogP contribution in [-0.4, -0.2) is 47.1 Å². The van der Waals surface area contributed by atoms with Gasteiger partial charge in [-0.05, 0) is 31.2 Å². The Morgan fingerprint density at radius 2 is 1.69 bits per heavy atom. The van der Waals surface area contributed by atoms with E-state index in [2.05, 4.69) is 9.88 Å². The first-order valence-electron chi connectivity index (χ1n) is 8.82. The van der Waals surface area contributed by atoms with Gasteiger partial charge in [0.15, 0.2) is 0 Å². The summed E-state index contributed by atoms with van der Waals surface area (Å²) in [6.45, 7) is 4.57. The maximum Gasteiger partial charge on any atom is 0.254 e. The number of hydrogen-bond acceptors (Lipinski definition) is 4. The Kier molecular flexibility index (Phi) is 4.21. The molecule has 1 amide bonds. The number of fused-ring (bicyclic) bond motifs is 1. The van der Waals surface area contributed by atoms with Gasteiger partial charge in [-0.25, -0.2) is 0 Å². The van der Waals surface area contributed by atoms with Crippen LogP contribution >= 0.6 is 0 Å². The number of anilines is 1. The third-order valence-electron chi connectivity index (χ3n) is 4.86. The Labute approximate surface area is 152 Å². The zero-order chi connectivity index (χ0) is 18.1. The van der Waals surface area contributed by atoms with Crippen molar-refractivity contribution in [2.45, 2.75) is 6.92 Å². The van der Waals surface area contributed by atoms with Gasteiger partial charge in [0.2, 0.25) is 0 Å². The van der Waals surface area contributed by atoms with Crippen LogP contribution in [0.1, 0.15) is 16.1 Å². The molecule has 1 aliphatic heterocycles. The van der Waals surface area contributed by atoms with Crippen molar-refractivity contribution in [2.24, 2.45) is 0 Å². The summed E-state index contributed by atoms with van der Waals surface area (Å²) in [5, 5.41) is 10.9. The van der Waals surface area contributed by atoms with Gasteiger partial charge < -0.3 is 14.9 Å². The summed E-state index contributed by atoms with van der Waals surface area (Å²) < 4.78 is 0. The molecule has 0 atom stereocenters. The summed E-state index contributed by atoms with van der Waals surface area (Å²) in [6.07, 6.45) is 0. The fourth-order valence-corrected chi connectivity index (χ4v) is 3.54. The van der Waals surface area contributed by atoms with Crippen molar-refractivity contribution in [3.63, 3.8) is 0 Å². The number of aromatic nitrogens is 1. The highest BCUT2D eigenvalue weighted by Crippen LogP contribution is 2.28. The molecule has 1 fully saturated rings. The van der Waals surface area contributed by atoms with Gasteiger partial charge in [0.1, 0.15) is 5.75 Å². The number of aryl methyl sites for hydroxylation is 1. The van der Waals surface area contributed by atoms with Gasteiger partial charge in [-0.3, -0.25) is 9.78 Å². The van der Waals surface area contributed by atoms with Gasteiger partial charge in [0.25, 0.3) is 5.91 Å². The van der Waals surface area contributed by atoms with Crippen molar-refractivity contribution >= 4 is 22.5 Å². The standard InChI is InChI=1S/C21H21N3O2/c1-15-14-17(16-6-2-3-7-18(16)22-15)21(26)24-12-10-23(11-13-24)19-8-4-5-9-20(19)25/h2-9,14,25H,10-13H2,1H3. The first-order valence-corrected chi connectivity index (χ1v) is 8.82. The van der Waals surface area contributed by atoms with Crippen LogP contribution in [0.3, 0.4) is 0 Å². The van der Waals surface area contributed by atoms with Crippen LogP contribution in [-0.2, 0) is 0 Å². The fraction of sp³-hybridized carbons (Fsp3) is 0.238. The molecule has 132 valence electrons. The molecule has 0 aliphatic carbocycles. The second-order valence-electron chi connectivity index (χ2n) is 6.60. The van der Waals surface area contributed by atoms with Crippen molar-refractivity contribution in [3.8, 4) is 5.75 Å². The minimum atomic E-state index is 0.0450. The molecule has 4 rings (SSSR count). The summed E-state index contributed by atoms with van der Waals surface area (Å²) in [7, 11) is 0. The van der Waals surface area contributed by atoms with Crippen molar-refractivity contribution in [1.82, 2.24) is 9.88 Å². The van der Waals surface area contributed by atoms with Crippen LogP contribution in [0.5, 0.6) is 5.75 Å². The molecule has 5 heteroatoms. The molecule has 0 unspecified atom stereocenters. The fourth-order valence-electron chi connectivity index (χ4n) is 3.54. The van der Waals surface area contributed by atoms with Crippen molar-refractivity contribution in [1.29, 1.82) is 0 Å². The Morgan fingerprint density at radius 1 is 1.00 bits per heavy atom. The summed E-state index contributed by atoms with van der Waals surface area (Å²) in [5.41, 5.74) is 3.23. The van der Waals surface area contributed by atoms with Gasteiger partial charge in [-0.15, -0.1) is 0 Å². The zero-order valence-corrected chi connectivity index (χ0v) is 14.7. The molecule has 26 heavy (non-hydrogen) atoms. The van der Waals surface area contributed by atoms with E-state index in [0.717, 1.165) is 22.3 Å². The predicted octanol–water partition coefficient (Wildman–Crippen LogP) is 3.21. The third kappa shape index (κ3) is 2.96. The highest BCUT2D eigenvalue weighted by molar-refractivity contribution is 6.06. The quantitative estimate of drug-likeness (QED) is 0.773. The van der Waals surface area contributed by atoms with Crippen LogP contribution in [0.15, 0.2) is 54.6 Å². The number of phenolic OH excluding ortho intramolecular Hbond substituents is 1. The minimum Gasteiger partial charge on any atom is -0.506 e. The average molecular weight is 347 g/mol. The molecule has 0 saturated carbocycles. The van der Waals surface area contributed by atoms with Crippen LogP contribution in [0, 0.1) is 6.92 Å². The highest BCUT2D eigenvalue weighted by atomic mass is 16.3. The Morgan fingerprint density at radius 3 is 2.46 bits per heavy atom. The van der Waals surface area contributed by atoms with E-state index < -0.39 is 0 Å². The minimum absolute atomic E-state index is 0.0450. The van der Waals surface area contributed by atoms with Gasteiger partial charge in [0.05, 0.1) is 16.8 Å². The molecule has 5 nitrogen and oxygen atoms in total. The van der Waals surface area contributed by atoms with Crippen LogP contribution < -0.4 is 4.90 Å². The van der Waals surface area contributed by atoms with Crippen LogP contribution in [0.4, 0.5) is 5.69 Å². The van der Waals surface area contributed by atoms with Gasteiger partial charge in [-0.2, -0.15) is 0 Å². The van der Waals surface area contributed by atoms with E-state index in [4.69, 9.17) is 0 Å². The number of hydrogen-bond donors (Lipinski definition) is 1. The monoisotopic (exact) mass is 347 g/mol. The van der Waals surface area contributed by atoms with E-state index >= 15 is 0 Å². The summed E-state index contributed by atoms with van der Waals surface area (Å²) in [4.78, 5) is 21.6. The molecule has 1 N–H and O–H groups in total. The van der Waals surface area contributed by atoms with Gasteiger partial charge in [0, 0.05) is 37.3 Å². The number of carbonyl (C=O) groups excluding carboxylic acids is 1. The average Bonchev–Trinajstić information content (AvgIpc) is 2.67. The normalized spacial score (nSPS) is 14.7. The lowest BCUT2D eigenvalue weighted by molar-refractivity contribution is 0.0748. The second kappa shape index (κ2) is 6.67. The Balaban J connectivity index is 1.55. The van der Waals surface area contributed by atoms with Gasteiger partial charge in [-0.1, -0.05) is 30.3 Å². The molecular weight excluding hydrogens is 326 g/mol. The molecule has 0 spiro atoms. The van der Waals surface area contributed by atoms with E-state index in [1.54, 1.807) is 6.07 Å². The van der Waals surface area contributed by atoms with Crippen LogP contribution in [0.2, 0.25) is 0 Å². The molecule has 3 aromatic rings. The number of piperazine rings is 1. The number of benzene rings is 2. The highest BCUT2D eigenvalue weighted by Gasteiger charge is 2.24. The maximum atomic E-state index is 13.1. The number of amides is 1. The number of carbonyl (C=O) groups is 1. The largest absolute Gasteiger partial charge is 0.506 e. The first kappa shape index (κ1) is 16.4. The Hall–Kier alpha value is -3.08. The second-order valence-corrected chi connectivity index (χ2v) is 6.60. The van der Waals surface area contributed by atoms with Crippen molar-refractivity contribution in [3.05, 3.63) is 65.9 Å². The number of nitrogens with zero attached hydrogens (tertiary/aromatic N) is 3. The molecule has 2 heterocycles. The van der Waals surface area contributed by atoms with E-state index in [1.807, 2.05) is 60.4 Å².